The van der Waals surface area contributed by atoms with Crippen LogP contribution in [-0.2, 0) is 4.79 Å². The predicted molar refractivity (Wildman–Crippen MR) is 176 cm³/mol. The molecule has 4 N–H and O–H groups in total. The highest BCUT2D eigenvalue weighted by Crippen LogP contribution is 2.13. The van der Waals surface area contributed by atoms with E-state index in [1.54, 1.807) is 0 Å². The van der Waals surface area contributed by atoms with Crippen molar-refractivity contribution in [1.29, 1.82) is 0 Å². The smallest absolute Gasteiger partial charge is 0.220 e. The first-order valence-corrected chi connectivity index (χ1v) is 17.3. The van der Waals surface area contributed by atoms with Crippen LogP contribution >= 0.6 is 0 Å². The van der Waals surface area contributed by atoms with Crippen LogP contribution in [0.5, 0.6) is 0 Å². The maximum Gasteiger partial charge on any atom is 0.220 e. The Balaban J connectivity index is 3.75. The van der Waals surface area contributed by atoms with Gasteiger partial charge < -0.3 is 20.6 Å². The zero-order valence-electron chi connectivity index (χ0n) is 26.9. The van der Waals surface area contributed by atoms with E-state index >= 15 is 0 Å². The maximum atomic E-state index is 12.3. The molecule has 0 bridgehead atoms. The van der Waals surface area contributed by atoms with E-state index in [0.29, 0.717) is 12.8 Å². The molecule has 1 amide bonds. The molecule has 3 unspecified atom stereocenters. The summed E-state index contributed by atoms with van der Waals surface area (Å²) in [6.45, 7) is 4.05. The fourth-order valence-corrected chi connectivity index (χ4v) is 4.94. The third kappa shape index (κ3) is 27.2. The number of carbonyl (C=O) groups is 1. The number of nitrogens with one attached hydrogen (secondary N) is 1. The van der Waals surface area contributed by atoms with Crippen molar-refractivity contribution in [2.75, 3.05) is 6.61 Å². The van der Waals surface area contributed by atoms with E-state index in [1.807, 2.05) is 0 Å². The van der Waals surface area contributed by atoms with Crippen molar-refractivity contribution in [2.45, 2.75) is 180 Å². The lowest BCUT2D eigenvalue weighted by Gasteiger charge is -2.26. The zero-order valence-corrected chi connectivity index (χ0v) is 26.9. The highest BCUT2D eigenvalue weighted by Gasteiger charge is 2.26. The molecule has 0 aromatic carbocycles. The SMILES string of the molecule is CCC/C=C/CC/C=C/CCCC(O)C(O)C(CO)NC(=O)CCCCCCCCC/C=C\CCCCCCCC. The topological polar surface area (TPSA) is 89.8 Å². The molecule has 240 valence electrons. The zero-order chi connectivity index (χ0) is 30.2. The second kappa shape index (κ2) is 31.5. The predicted octanol–water partition coefficient (Wildman–Crippen LogP) is 8.87. The van der Waals surface area contributed by atoms with Gasteiger partial charge in [-0.25, -0.2) is 0 Å². The van der Waals surface area contributed by atoms with Gasteiger partial charge in [-0.3, -0.25) is 4.79 Å². The summed E-state index contributed by atoms with van der Waals surface area (Å²) in [5.41, 5.74) is 0. The Hall–Kier alpha value is -1.43. The van der Waals surface area contributed by atoms with Gasteiger partial charge in [-0.15, -0.1) is 0 Å². The first-order chi connectivity index (χ1) is 20.1. The minimum Gasteiger partial charge on any atom is -0.394 e. The number of unbranched alkanes of at least 4 members (excludes halogenated alkanes) is 16. The van der Waals surface area contributed by atoms with Gasteiger partial charge in [-0.2, -0.15) is 0 Å². The first-order valence-electron chi connectivity index (χ1n) is 17.3. The van der Waals surface area contributed by atoms with Crippen LogP contribution in [0, 0.1) is 0 Å². The molecule has 0 aromatic rings. The number of carbonyl (C=O) groups excluding carboxylic acids is 1. The summed E-state index contributed by atoms with van der Waals surface area (Å²) in [7, 11) is 0. The van der Waals surface area contributed by atoms with E-state index in [2.05, 4.69) is 55.6 Å². The normalized spacial score (nSPS) is 14.4. The molecule has 0 saturated heterocycles. The van der Waals surface area contributed by atoms with Crippen molar-refractivity contribution in [3.63, 3.8) is 0 Å². The third-order valence-corrected chi connectivity index (χ3v) is 7.67. The minimum absolute atomic E-state index is 0.168. The fourth-order valence-electron chi connectivity index (χ4n) is 4.94. The van der Waals surface area contributed by atoms with Crippen molar-refractivity contribution >= 4 is 5.91 Å². The van der Waals surface area contributed by atoms with Gasteiger partial charge in [0.2, 0.25) is 5.91 Å². The lowest BCUT2D eigenvalue weighted by Crippen LogP contribution is -2.50. The number of amides is 1. The summed E-state index contributed by atoms with van der Waals surface area (Å²) >= 11 is 0. The van der Waals surface area contributed by atoms with Crippen molar-refractivity contribution in [1.82, 2.24) is 5.32 Å². The summed E-state index contributed by atoms with van der Waals surface area (Å²) in [5, 5.41) is 33.1. The number of allylic oxidation sites excluding steroid dienone is 6. The first kappa shape index (κ1) is 39.6. The van der Waals surface area contributed by atoms with Crippen molar-refractivity contribution in [2.24, 2.45) is 0 Å². The lowest BCUT2D eigenvalue weighted by molar-refractivity contribution is -0.124. The summed E-state index contributed by atoms with van der Waals surface area (Å²) in [6, 6.07) is -0.831. The highest BCUT2D eigenvalue weighted by molar-refractivity contribution is 5.76. The molecule has 3 atom stereocenters. The molecule has 0 spiro atoms. The van der Waals surface area contributed by atoms with Crippen molar-refractivity contribution in [3.05, 3.63) is 36.5 Å². The number of hydrogen-bond acceptors (Lipinski definition) is 4. The monoisotopic (exact) mass is 578 g/mol. The summed E-state index contributed by atoms with van der Waals surface area (Å²) in [6.07, 6.45) is 36.7. The Labute approximate surface area is 254 Å². The molecule has 0 aromatic heterocycles. The molecular weight excluding hydrogens is 510 g/mol. The standard InChI is InChI=1S/C36H67NO4/c1-3-5-7-9-11-13-15-16-17-18-19-20-21-23-25-27-29-31-35(40)37-33(32-38)36(41)34(39)30-28-26-24-22-14-12-10-8-6-4-2/h8,10,16-17,22,24,33-34,36,38-39,41H,3-7,9,11-15,18-21,23,25-32H2,1-2H3,(H,37,40)/b10-8+,17-16-,24-22+. The van der Waals surface area contributed by atoms with Crippen LogP contribution in [0.25, 0.3) is 0 Å². The van der Waals surface area contributed by atoms with Gasteiger partial charge >= 0.3 is 0 Å². The van der Waals surface area contributed by atoms with Crippen LogP contribution in [-0.4, -0.2) is 46.1 Å². The average molecular weight is 578 g/mol. The molecule has 0 rings (SSSR count). The van der Waals surface area contributed by atoms with Gasteiger partial charge in [0.15, 0.2) is 0 Å². The molecule has 0 aliphatic rings. The van der Waals surface area contributed by atoms with Crippen molar-refractivity contribution < 1.29 is 20.1 Å². The Morgan fingerprint density at radius 1 is 0.585 bits per heavy atom. The maximum absolute atomic E-state index is 12.3. The van der Waals surface area contributed by atoms with Crippen LogP contribution < -0.4 is 5.32 Å². The number of aliphatic hydroxyl groups is 3. The third-order valence-electron chi connectivity index (χ3n) is 7.67. The molecule has 41 heavy (non-hydrogen) atoms. The van der Waals surface area contributed by atoms with E-state index in [-0.39, 0.29) is 12.5 Å². The molecule has 5 heteroatoms. The van der Waals surface area contributed by atoms with Gasteiger partial charge in [0.1, 0.15) is 6.10 Å². The average Bonchev–Trinajstić information content (AvgIpc) is 2.97. The van der Waals surface area contributed by atoms with E-state index in [4.69, 9.17) is 0 Å². The van der Waals surface area contributed by atoms with Crippen LogP contribution in [0.1, 0.15) is 162 Å². The van der Waals surface area contributed by atoms with Gasteiger partial charge in [-0.1, -0.05) is 121 Å². The molecule has 0 heterocycles. The molecular formula is C36H67NO4. The molecule has 0 radical (unpaired) electrons. The van der Waals surface area contributed by atoms with E-state index in [9.17, 15) is 20.1 Å². The summed E-state index contributed by atoms with van der Waals surface area (Å²) in [4.78, 5) is 12.3. The van der Waals surface area contributed by atoms with Crippen LogP contribution in [0.2, 0.25) is 0 Å². The van der Waals surface area contributed by atoms with Gasteiger partial charge in [0, 0.05) is 6.42 Å². The van der Waals surface area contributed by atoms with E-state index in [0.717, 1.165) is 51.4 Å². The second-order valence-corrected chi connectivity index (χ2v) is 11.7. The van der Waals surface area contributed by atoms with Gasteiger partial charge in [0.25, 0.3) is 0 Å². The highest BCUT2D eigenvalue weighted by atomic mass is 16.3. The molecule has 5 nitrogen and oxygen atoms in total. The van der Waals surface area contributed by atoms with E-state index in [1.165, 1.54) is 83.5 Å². The number of hydrogen-bond donors (Lipinski definition) is 4. The minimum atomic E-state index is -1.16. The summed E-state index contributed by atoms with van der Waals surface area (Å²) in [5.74, 6) is -0.168. The van der Waals surface area contributed by atoms with Gasteiger partial charge in [0.05, 0.1) is 18.8 Å². The summed E-state index contributed by atoms with van der Waals surface area (Å²) < 4.78 is 0. The second-order valence-electron chi connectivity index (χ2n) is 11.7. The number of aliphatic hydroxyl groups excluding tert-OH is 3. The van der Waals surface area contributed by atoms with E-state index < -0.39 is 18.2 Å². The Morgan fingerprint density at radius 2 is 1.05 bits per heavy atom. The fraction of sp³-hybridized carbons (Fsp3) is 0.806. The lowest BCUT2D eigenvalue weighted by atomic mass is 10.0. The molecule has 0 aliphatic heterocycles. The van der Waals surface area contributed by atoms with Gasteiger partial charge in [-0.05, 0) is 70.6 Å². The number of rotatable bonds is 30. The van der Waals surface area contributed by atoms with Crippen molar-refractivity contribution in [3.8, 4) is 0 Å². The molecule has 0 saturated carbocycles. The Kier molecular flexibility index (Phi) is 30.4. The van der Waals surface area contributed by atoms with Crippen LogP contribution in [0.15, 0.2) is 36.5 Å². The van der Waals surface area contributed by atoms with Crippen LogP contribution in [0.3, 0.4) is 0 Å². The Morgan fingerprint density at radius 3 is 1.59 bits per heavy atom. The largest absolute Gasteiger partial charge is 0.394 e. The molecule has 0 fully saturated rings. The molecule has 0 aliphatic carbocycles. The quantitative estimate of drug-likeness (QED) is 0.0507. The Bertz CT molecular complexity index is 645. The van der Waals surface area contributed by atoms with Crippen LogP contribution in [0.4, 0.5) is 0 Å².